The Kier molecular flexibility index (Phi) is 3.81. The van der Waals surface area contributed by atoms with Gasteiger partial charge in [0.2, 0.25) is 0 Å². The van der Waals surface area contributed by atoms with Gasteiger partial charge in [-0.1, -0.05) is 26.0 Å². The highest BCUT2D eigenvalue weighted by Crippen LogP contribution is 2.30. The fraction of sp³-hybridized carbons (Fsp3) is 0.533. The number of carbonyl (C=O) groups is 1. The first-order valence-electron chi connectivity index (χ1n) is 6.45. The summed E-state index contributed by atoms with van der Waals surface area (Å²) in [5.74, 6) is 0.151. The summed E-state index contributed by atoms with van der Waals surface area (Å²) in [5, 5.41) is 0. The second kappa shape index (κ2) is 5.04. The molecule has 2 rings (SSSR count). The van der Waals surface area contributed by atoms with E-state index in [-0.39, 0.29) is 11.3 Å². The van der Waals surface area contributed by atoms with Crippen molar-refractivity contribution in [2.45, 2.75) is 33.6 Å². The molecule has 1 aromatic rings. The molecule has 1 heterocycles. The Morgan fingerprint density at radius 1 is 1.39 bits per heavy atom. The number of amides is 1. The number of likely N-dealkylation sites (tertiary alicyclic amines) is 1. The third kappa shape index (κ3) is 2.77. The number of benzene rings is 1. The fourth-order valence-electron chi connectivity index (χ4n) is 2.58. The van der Waals surface area contributed by atoms with Crippen molar-refractivity contribution in [2.75, 3.05) is 13.1 Å². The van der Waals surface area contributed by atoms with Crippen molar-refractivity contribution in [3.05, 3.63) is 33.8 Å². The van der Waals surface area contributed by atoms with Gasteiger partial charge < -0.3 is 4.90 Å². The fourth-order valence-corrected chi connectivity index (χ4v) is 3.01. The Hall–Kier alpha value is -0.830. The Labute approximate surface area is 117 Å². The number of piperidine rings is 1. The third-order valence-electron chi connectivity index (χ3n) is 3.61. The van der Waals surface area contributed by atoms with Gasteiger partial charge in [-0.25, -0.2) is 0 Å². The van der Waals surface area contributed by atoms with Crippen molar-refractivity contribution < 1.29 is 4.79 Å². The van der Waals surface area contributed by atoms with Gasteiger partial charge >= 0.3 is 0 Å². The van der Waals surface area contributed by atoms with Crippen LogP contribution < -0.4 is 0 Å². The largest absolute Gasteiger partial charge is 0.338 e. The average molecular weight is 310 g/mol. The smallest absolute Gasteiger partial charge is 0.255 e. The molecular formula is C15H20BrNO. The van der Waals surface area contributed by atoms with Crippen molar-refractivity contribution in [2.24, 2.45) is 5.41 Å². The number of carbonyl (C=O) groups excluding carboxylic acids is 1. The van der Waals surface area contributed by atoms with Crippen LogP contribution in [0.15, 0.2) is 22.7 Å². The first-order chi connectivity index (χ1) is 8.41. The van der Waals surface area contributed by atoms with Crippen LogP contribution in [-0.4, -0.2) is 23.9 Å². The van der Waals surface area contributed by atoms with E-state index in [0.29, 0.717) is 0 Å². The van der Waals surface area contributed by atoms with Gasteiger partial charge in [-0.15, -0.1) is 0 Å². The second-order valence-corrected chi connectivity index (χ2v) is 6.72. The highest BCUT2D eigenvalue weighted by Gasteiger charge is 2.30. The van der Waals surface area contributed by atoms with E-state index >= 15 is 0 Å². The summed E-state index contributed by atoms with van der Waals surface area (Å²) in [6, 6.07) is 5.87. The molecule has 98 valence electrons. The summed E-state index contributed by atoms with van der Waals surface area (Å²) in [5.41, 5.74) is 2.13. The maximum atomic E-state index is 12.6. The maximum absolute atomic E-state index is 12.6. The number of nitrogens with zero attached hydrogens (tertiary/aromatic N) is 1. The van der Waals surface area contributed by atoms with E-state index in [4.69, 9.17) is 0 Å². The summed E-state index contributed by atoms with van der Waals surface area (Å²) >= 11 is 3.53. The number of halogens is 1. The molecule has 18 heavy (non-hydrogen) atoms. The molecule has 0 spiro atoms. The molecule has 1 aliphatic rings. The normalized spacial score (nSPS) is 18.8. The van der Waals surface area contributed by atoms with Gasteiger partial charge in [0, 0.05) is 17.6 Å². The molecule has 2 nitrogen and oxygen atoms in total. The van der Waals surface area contributed by atoms with Crippen LogP contribution in [0.4, 0.5) is 0 Å². The van der Waals surface area contributed by atoms with Gasteiger partial charge in [-0.05, 0) is 52.7 Å². The van der Waals surface area contributed by atoms with Crippen molar-refractivity contribution in [1.82, 2.24) is 4.90 Å². The lowest BCUT2D eigenvalue weighted by Crippen LogP contribution is -2.43. The summed E-state index contributed by atoms with van der Waals surface area (Å²) in [6.45, 7) is 8.21. The molecule has 0 aromatic heterocycles. The van der Waals surface area contributed by atoms with Crippen LogP contribution in [0.25, 0.3) is 0 Å². The zero-order chi connectivity index (χ0) is 13.3. The van der Waals surface area contributed by atoms with Crippen LogP contribution in [0.5, 0.6) is 0 Å². The van der Waals surface area contributed by atoms with E-state index in [1.165, 1.54) is 6.42 Å². The van der Waals surface area contributed by atoms with Crippen molar-refractivity contribution in [3.8, 4) is 0 Å². The molecule has 1 amide bonds. The molecule has 1 saturated heterocycles. The van der Waals surface area contributed by atoms with E-state index in [2.05, 4.69) is 29.8 Å². The lowest BCUT2D eigenvalue weighted by Gasteiger charge is -2.38. The number of hydrogen-bond donors (Lipinski definition) is 0. The van der Waals surface area contributed by atoms with E-state index in [9.17, 15) is 4.79 Å². The summed E-state index contributed by atoms with van der Waals surface area (Å²) in [4.78, 5) is 14.5. The minimum atomic E-state index is 0.151. The molecule has 0 radical (unpaired) electrons. The van der Waals surface area contributed by atoms with Crippen LogP contribution in [0.1, 0.15) is 42.6 Å². The Bertz CT molecular complexity index is 468. The SMILES string of the molecule is Cc1cccc(C(=O)N2CCCC(C)(C)C2)c1Br. The van der Waals surface area contributed by atoms with Gasteiger partial charge in [0.1, 0.15) is 0 Å². The van der Waals surface area contributed by atoms with E-state index in [0.717, 1.165) is 35.1 Å². The van der Waals surface area contributed by atoms with Crippen LogP contribution in [0.2, 0.25) is 0 Å². The van der Waals surface area contributed by atoms with Crippen LogP contribution in [0.3, 0.4) is 0 Å². The Balaban J connectivity index is 2.23. The number of aryl methyl sites for hydroxylation is 1. The lowest BCUT2D eigenvalue weighted by molar-refractivity contribution is 0.0582. The molecule has 1 fully saturated rings. The summed E-state index contributed by atoms with van der Waals surface area (Å²) in [6.07, 6.45) is 2.30. The Morgan fingerprint density at radius 2 is 2.11 bits per heavy atom. The molecule has 0 saturated carbocycles. The van der Waals surface area contributed by atoms with Crippen molar-refractivity contribution >= 4 is 21.8 Å². The van der Waals surface area contributed by atoms with Crippen LogP contribution in [-0.2, 0) is 0 Å². The number of hydrogen-bond acceptors (Lipinski definition) is 1. The molecule has 1 aromatic carbocycles. The first-order valence-corrected chi connectivity index (χ1v) is 7.24. The van der Waals surface area contributed by atoms with E-state index in [1.54, 1.807) is 0 Å². The zero-order valence-electron chi connectivity index (χ0n) is 11.3. The van der Waals surface area contributed by atoms with Gasteiger partial charge in [0.05, 0.1) is 5.56 Å². The van der Waals surface area contributed by atoms with Crippen LogP contribution in [0, 0.1) is 12.3 Å². The average Bonchev–Trinajstić information content (AvgIpc) is 2.30. The quantitative estimate of drug-likeness (QED) is 0.767. The Morgan fingerprint density at radius 3 is 2.78 bits per heavy atom. The second-order valence-electron chi connectivity index (χ2n) is 5.93. The van der Waals surface area contributed by atoms with E-state index in [1.807, 2.05) is 30.0 Å². The third-order valence-corrected chi connectivity index (χ3v) is 4.66. The van der Waals surface area contributed by atoms with Gasteiger partial charge in [0.15, 0.2) is 0 Å². The van der Waals surface area contributed by atoms with Gasteiger partial charge in [-0.3, -0.25) is 4.79 Å². The van der Waals surface area contributed by atoms with Crippen molar-refractivity contribution in [3.63, 3.8) is 0 Å². The maximum Gasteiger partial charge on any atom is 0.255 e. The zero-order valence-corrected chi connectivity index (χ0v) is 12.9. The lowest BCUT2D eigenvalue weighted by atomic mass is 9.84. The van der Waals surface area contributed by atoms with Crippen molar-refractivity contribution in [1.29, 1.82) is 0 Å². The predicted octanol–water partition coefficient (Wildman–Crippen LogP) is 4.02. The molecule has 0 atom stereocenters. The highest BCUT2D eigenvalue weighted by atomic mass is 79.9. The summed E-state index contributed by atoms with van der Waals surface area (Å²) in [7, 11) is 0. The van der Waals surface area contributed by atoms with Crippen LogP contribution >= 0.6 is 15.9 Å². The van der Waals surface area contributed by atoms with Gasteiger partial charge in [0.25, 0.3) is 5.91 Å². The highest BCUT2D eigenvalue weighted by molar-refractivity contribution is 9.10. The molecule has 0 N–H and O–H groups in total. The monoisotopic (exact) mass is 309 g/mol. The minimum absolute atomic E-state index is 0.151. The summed E-state index contributed by atoms with van der Waals surface area (Å²) < 4.78 is 0.929. The topological polar surface area (TPSA) is 20.3 Å². The van der Waals surface area contributed by atoms with Gasteiger partial charge in [-0.2, -0.15) is 0 Å². The predicted molar refractivity (Wildman–Crippen MR) is 77.8 cm³/mol. The molecular weight excluding hydrogens is 290 g/mol. The molecule has 3 heteroatoms. The minimum Gasteiger partial charge on any atom is -0.338 e. The first kappa shape index (κ1) is 13.6. The molecule has 0 unspecified atom stereocenters. The standard InChI is InChI=1S/C15H20BrNO/c1-11-6-4-7-12(13(11)16)14(18)17-9-5-8-15(2,3)10-17/h4,6-7H,5,8-10H2,1-3H3. The van der Waals surface area contributed by atoms with E-state index < -0.39 is 0 Å². The molecule has 0 bridgehead atoms. The molecule has 1 aliphatic heterocycles. The number of rotatable bonds is 1. The molecule has 0 aliphatic carbocycles.